The number of hydrogen-bond donors (Lipinski definition) is 1. The second-order valence-corrected chi connectivity index (χ2v) is 6.43. The molecule has 1 rings (SSSR count). The fourth-order valence-corrected chi connectivity index (χ4v) is 2.77. The van der Waals surface area contributed by atoms with Crippen molar-refractivity contribution in [1.29, 1.82) is 0 Å². The van der Waals surface area contributed by atoms with Crippen LogP contribution in [0.15, 0.2) is 18.2 Å². The number of hydrogen-bond acceptors (Lipinski definition) is 3. The van der Waals surface area contributed by atoms with Crippen LogP contribution in [0.3, 0.4) is 0 Å². The van der Waals surface area contributed by atoms with Gasteiger partial charge >= 0.3 is 12.1 Å². The average Bonchev–Trinajstić information content (AvgIpc) is 2.56. The fourth-order valence-electron chi connectivity index (χ4n) is 2.77. The molecule has 140 valence electrons. The number of ether oxygens (including phenoxy) is 1. The summed E-state index contributed by atoms with van der Waals surface area (Å²) in [6.07, 6.45) is 3.65. The molecule has 1 aromatic rings. The molecule has 25 heavy (non-hydrogen) atoms. The summed E-state index contributed by atoms with van der Waals surface area (Å²) in [5.41, 5.74) is 3.20. The van der Waals surface area contributed by atoms with E-state index in [1.54, 1.807) is 6.92 Å². The highest BCUT2D eigenvalue weighted by Crippen LogP contribution is 2.16. The van der Waals surface area contributed by atoms with E-state index in [0.717, 1.165) is 42.4 Å². The van der Waals surface area contributed by atoms with Crippen molar-refractivity contribution in [3.05, 3.63) is 34.9 Å². The quantitative estimate of drug-likeness (QED) is 0.638. The second-order valence-electron chi connectivity index (χ2n) is 6.43. The van der Waals surface area contributed by atoms with Crippen molar-refractivity contribution < 1.29 is 19.4 Å². The Morgan fingerprint density at radius 2 is 1.84 bits per heavy atom. The van der Waals surface area contributed by atoms with Gasteiger partial charge < -0.3 is 9.84 Å². The van der Waals surface area contributed by atoms with Gasteiger partial charge in [0.15, 0.2) is 0 Å². The first-order chi connectivity index (χ1) is 11.9. The molecule has 1 amide bonds. The van der Waals surface area contributed by atoms with Gasteiger partial charge in [0, 0.05) is 13.0 Å². The van der Waals surface area contributed by atoms with E-state index in [1.807, 2.05) is 32.0 Å². The maximum atomic E-state index is 12.3. The van der Waals surface area contributed by atoms with Crippen LogP contribution in [0.5, 0.6) is 0 Å². The molecule has 0 saturated carbocycles. The Labute approximate surface area is 151 Å². The predicted molar refractivity (Wildman–Crippen MR) is 98.9 cm³/mol. The van der Waals surface area contributed by atoms with E-state index in [0.29, 0.717) is 6.54 Å². The molecular weight excluding hydrogens is 318 g/mol. The molecule has 5 heteroatoms. The van der Waals surface area contributed by atoms with E-state index < -0.39 is 18.1 Å². The summed E-state index contributed by atoms with van der Waals surface area (Å²) in [5, 5.41) is 9.70. The molecule has 5 nitrogen and oxygen atoms in total. The number of carboxylic acids is 1. The monoisotopic (exact) mass is 349 g/mol. The number of amides is 1. The minimum atomic E-state index is -0.998. The molecule has 0 aliphatic carbocycles. The van der Waals surface area contributed by atoms with Crippen molar-refractivity contribution in [3.8, 4) is 0 Å². The van der Waals surface area contributed by atoms with Gasteiger partial charge in [-0.3, -0.25) is 4.90 Å². The van der Waals surface area contributed by atoms with Gasteiger partial charge in [-0.15, -0.1) is 0 Å². The van der Waals surface area contributed by atoms with Crippen LogP contribution in [-0.4, -0.2) is 41.3 Å². The van der Waals surface area contributed by atoms with Gasteiger partial charge in [-0.2, -0.15) is 0 Å². The minimum absolute atomic E-state index is 0.236. The Balaban J connectivity index is 2.94. The lowest BCUT2D eigenvalue weighted by Crippen LogP contribution is -2.47. The topological polar surface area (TPSA) is 66.8 Å². The number of aliphatic carboxylic acids is 1. The highest BCUT2D eigenvalue weighted by molar-refractivity contribution is 5.80. The summed E-state index contributed by atoms with van der Waals surface area (Å²) in [6.45, 7) is 8.50. The summed E-state index contributed by atoms with van der Waals surface area (Å²) in [5.74, 6) is -0.998. The van der Waals surface area contributed by atoms with E-state index in [4.69, 9.17) is 4.74 Å². The number of nitrogens with zero attached hydrogens (tertiary/aromatic N) is 1. The van der Waals surface area contributed by atoms with Gasteiger partial charge in [-0.05, 0) is 43.9 Å². The Hall–Kier alpha value is -2.04. The minimum Gasteiger partial charge on any atom is -0.480 e. The molecule has 0 aromatic heterocycles. The highest BCUT2D eigenvalue weighted by atomic mass is 16.6. The standard InChI is InChI=1S/C20H31NO4/c1-5-7-8-9-12-21(20(24)25-6-2)18(19(22)23)14-17-11-10-15(3)16(4)13-17/h10-11,13,18H,5-9,12,14H2,1-4H3,(H,22,23). The van der Waals surface area contributed by atoms with Gasteiger partial charge in [0.25, 0.3) is 0 Å². The van der Waals surface area contributed by atoms with E-state index >= 15 is 0 Å². The van der Waals surface area contributed by atoms with E-state index in [1.165, 1.54) is 4.90 Å². The van der Waals surface area contributed by atoms with Gasteiger partial charge in [-0.1, -0.05) is 44.4 Å². The maximum absolute atomic E-state index is 12.3. The molecule has 1 unspecified atom stereocenters. The van der Waals surface area contributed by atoms with Crippen LogP contribution in [0.25, 0.3) is 0 Å². The molecule has 1 N–H and O–H groups in total. The molecular formula is C20H31NO4. The molecule has 0 aliphatic rings. The number of carbonyl (C=O) groups excluding carboxylic acids is 1. The SMILES string of the molecule is CCCCCCN(C(=O)OCC)C(Cc1ccc(C)c(C)c1)C(=O)O. The number of rotatable bonds is 10. The van der Waals surface area contributed by atoms with Crippen molar-refractivity contribution >= 4 is 12.1 Å². The molecule has 0 saturated heterocycles. The smallest absolute Gasteiger partial charge is 0.410 e. The van der Waals surface area contributed by atoms with Gasteiger partial charge in [0.05, 0.1) is 6.61 Å². The van der Waals surface area contributed by atoms with Crippen molar-refractivity contribution in [2.75, 3.05) is 13.2 Å². The Bertz CT molecular complexity index is 571. The van der Waals surface area contributed by atoms with E-state index in [-0.39, 0.29) is 13.0 Å². The molecule has 1 atom stereocenters. The van der Waals surface area contributed by atoms with Gasteiger partial charge in [0.2, 0.25) is 0 Å². The van der Waals surface area contributed by atoms with E-state index in [9.17, 15) is 14.7 Å². The molecule has 0 bridgehead atoms. The van der Waals surface area contributed by atoms with Crippen molar-refractivity contribution in [2.45, 2.75) is 65.8 Å². The molecule has 0 fully saturated rings. The third kappa shape index (κ3) is 6.77. The normalized spacial score (nSPS) is 11.8. The second kappa shape index (κ2) is 10.7. The van der Waals surface area contributed by atoms with Crippen LogP contribution in [0, 0.1) is 13.8 Å². The summed E-state index contributed by atoms with van der Waals surface area (Å²) < 4.78 is 5.10. The lowest BCUT2D eigenvalue weighted by Gasteiger charge is -2.28. The summed E-state index contributed by atoms with van der Waals surface area (Å²) in [4.78, 5) is 25.5. The van der Waals surface area contributed by atoms with Crippen LogP contribution in [0.2, 0.25) is 0 Å². The zero-order chi connectivity index (χ0) is 18.8. The summed E-state index contributed by atoms with van der Waals surface area (Å²) in [6, 6.07) is 4.99. The lowest BCUT2D eigenvalue weighted by atomic mass is 10.00. The Kier molecular flexibility index (Phi) is 9.03. The van der Waals surface area contributed by atoms with Crippen molar-refractivity contribution in [1.82, 2.24) is 4.90 Å². The number of carboxylic acid groups (broad SMARTS) is 1. The van der Waals surface area contributed by atoms with Crippen LogP contribution < -0.4 is 0 Å². The van der Waals surface area contributed by atoms with Gasteiger partial charge in [-0.25, -0.2) is 9.59 Å². The van der Waals surface area contributed by atoms with Crippen LogP contribution >= 0.6 is 0 Å². The number of aryl methyl sites for hydroxylation is 2. The van der Waals surface area contributed by atoms with E-state index in [2.05, 4.69) is 6.92 Å². The molecule has 0 radical (unpaired) electrons. The number of unbranched alkanes of at least 4 members (excludes halogenated alkanes) is 3. The third-order valence-corrected chi connectivity index (χ3v) is 4.42. The number of carbonyl (C=O) groups is 2. The highest BCUT2D eigenvalue weighted by Gasteiger charge is 2.30. The summed E-state index contributed by atoms with van der Waals surface area (Å²) in [7, 11) is 0. The molecule has 0 aliphatic heterocycles. The van der Waals surface area contributed by atoms with Crippen LogP contribution in [0.1, 0.15) is 56.2 Å². The average molecular weight is 349 g/mol. The first-order valence-electron chi connectivity index (χ1n) is 9.13. The van der Waals surface area contributed by atoms with Crippen molar-refractivity contribution in [3.63, 3.8) is 0 Å². The Morgan fingerprint density at radius 1 is 1.12 bits per heavy atom. The molecule has 1 aromatic carbocycles. The molecule has 0 spiro atoms. The first kappa shape index (κ1) is 21.0. The maximum Gasteiger partial charge on any atom is 0.410 e. The predicted octanol–water partition coefficient (Wildman–Crippen LogP) is 4.34. The largest absolute Gasteiger partial charge is 0.480 e. The summed E-state index contributed by atoms with van der Waals surface area (Å²) >= 11 is 0. The van der Waals surface area contributed by atoms with Crippen LogP contribution in [-0.2, 0) is 16.0 Å². The zero-order valence-electron chi connectivity index (χ0n) is 15.9. The van der Waals surface area contributed by atoms with Gasteiger partial charge in [0.1, 0.15) is 6.04 Å². The Morgan fingerprint density at radius 3 is 2.40 bits per heavy atom. The lowest BCUT2D eigenvalue weighted by molar-refractivity contribution is -0.142. The third-order valence-electron chi connectivity index (χ3n) is 4.42. The van der Waals surface area contributed by atoms with Crippen molar-refractivity contribution in [2.24, 2.45) is 0 Å². The first-order valence-corrected chi connectivity index (χ1v) is 9.13. The fraction of sp³-hybridized carbons (Fsp3) is 0.600. The zero-order valence-corrected chi connectivity index (χ0v) is 15.9. The van der Waals surface area contributed by atoms with Crippen LogP contribution in [0.4, 0.5) is 4.79 Å². The molecule has 0 heterocycles. The number of benzene rings is 1.